The van der Waals surface area contributed by atoms with Gasteiger partial charge < -0.3 is 9.13 Å². The fourth-order valence-corrected chi connectivity index (χ4v) is 10.7. The highest BCUT2D eigenvalue weighted by Gasteiger charge is 2.22. The Morgan fingerprint density at radius 1 is 0.348 bits per heavy atom. The van der Waals surface area contributed by atoms with Crippen LogP contribution in [0.4, 0.5) is 5.69 Å². The lowest BCUT2D eigenvalue weighted by Crippen LogP contribution is -1.94. The minimum absolute atomic E-state index is 0.629. The number of nitriles is 1. The third-order valence-corrected chi connectivity index (χ3v) is 13.5. The number of rotatable bonds is 5. The first kappa shape index (κ1) is 37.3. The number of hydrogen-bond donors (Lipinski definition) is 0. The molecule has 0 spiro atoms. The summed E-state index contributed by atoms with van der Waals surface area (Å²) in [7, 11) is 0. The molecule has 4 nitrogen and oxygen atoms in total. The van der Waals surface area contributed by atoms with Crippen LogP contribution >= 0.6 is 0 Å². The molecule has 11 aromatic carbocycles. The SMILES string of the molecule is [C-]#[N+]c1ccc2c(c1)c1cc(-c3c4ccccc4c(-c4ccc(-c5ccc6c(c5)c5cc(C#N)ccc5n6-c5ccccc5)c5ccccc45)c4ccccc34)ccc1n2-c1ccccc1. The number of nitrogens with zero attached hydrogens (tertiary/aromatic N) is 4. The molecule has 2 heterocycles. The summed E-state index contributed by atoms with van der Waals surface area (Å²) in [6.07, 6.45) is 0. The van der Waals surface area contributed by atoms with Gasteiger partial charge in [-0.3, -0.25) is 0 Å². The first-order valence-corrected chi connectivity index (χ1v) is 22.2. The Kier molecular flexibility index (Phi) is 8.31. The first-order chi connectivity index (χ1) is 32.7. The van der Waals surface area contributed by atoms with Gasteiger partial charge in [0.05, 0.1) is 40.3 Å². The summed E-state index contributed by atoms with van der Waals surface area (Å²) in [6, 6.07) is 80.0. The molecule has 0 N–H and O–H groups in total. The van der Waals surface area contributed by atoms with Crippen LogP contribution in [0.2, 0.25) is 0 Å². The van der Waals surface area contributed by atoms with Gasteiger partial charge in [-0.05, 0) is 150 Å². The monoisotopic (exact) mass is 836 g/mol. The van der Waals surface area contributed by atoms with Crippen molar-refractivity contribution in [3.63, 3.8) is 0 Å². The Labute approximate surface area is 380 Å². The van der Waals surface area contributed by atoms with Crippen LogP contribution in [0, 0.1) is 17.9 Å². The van der Waals surface area contributed by atoms with E-state index < -0.39 is 0 Å². The molecular formula is C62H36N4. The normalized spacial score (nSPS) is 11.6. The lowest BCUT2D eigenvalue weighted by atomic mass is 9.83. The van der Waals surface area contributed by atoms with Gasteiger partial charge in [0.25, 0.3) is 0 Å². The van der Waals surface area contributed by atoms with Crippen LogP contribution in [0.5, 0.6) is 0 Å². The van der Waals surface area contributed by atoms with Crippen LogP contribution in [0.1, 0.15) is 5.56 Å². The molecule has 0 saturated carbocycles. The summed E-state index contributed by atoms with van der Waals surface area (Å²) in [5.41, 5.74) is 14.8. The van der Waals surface area contributed by atoms with Crippen molar-refractivity contribution in [3.05, 3.63) is 235 Å². The molecule has 0 saturated heterocycles. The Morgan fingerprint density at radius 3 is 1.33 bits per heavy atom. The fourth-order valence-electron chi connectivity index (χ4n) is 10.7. The fraction of sp³-hybridized carbons (Fsp3) is 0. The molecule has 13 aromatic rings. The Morgan fingerprint density at radius 2 is 0.773 bits per heavy atom. The molecule has 0 aliphatic carbocycles. The molecule has 0 amide bonds. The minimum Gasteiger partial charge on any atom is -0.309 e. The Hall–Kier alpha value is -9.22. The number of fused-ring (bicyclic) bond motifs is 9. The van der Waals surface area contributed by atoms with Crippen molar-refractivity contribution in [1.29, 1.82) is 5.26 Å². The molecule has 0 bridgehead atoms. The van der Waals surface area contributed by atoms with Gasteiger partial charge >= 0.3 is 0 Å². The van der Waals surface area contributed by atoms with Gasteiger partial charge in [-0.25, -0.2) is 4.85 Å². The van der Waals surface area contributed by atoms with Crippen molar-refractivity contribution >= 4 is 81.6 Å². The topological polar surface area (TPSA) is 38.0 Å². The molecule has 0 unspecified atom stereocenters. The summed E-state index contributed by atoms with van der Waals surface area (Å²) < 4.78 is 4.60. The highest BCUT2D eigenvalue weighted by molar-refractivity contribution is 6.25. The predicted octanol–water partition coefficient (Wildman–Crippen LogP) is 16.8. The number of hydrogen-bond acceptors (Lipinski definition) is 1. The number of benzene rings is 11. The Balaban J connectivity index is 1.02. The second-order valence-electron chi connectivity index (χ2n) is 17.0. The highest BCUT2D eigenvalue weighted by Crippen LogP contribution is 2.48. The van der Waals surface area contributed by atoms with Crippen LogP contribution in [-0.2, 0) is 0 Å². The van der Waals surface area contributed by atoms with Crippen molar-refractivity contribution in [2.75, 3.05) is 0 Å². The van der Waals surface area contributed by atoms with Crippen LogP contribution in [0.15, 0.2) is 218 Å². The Bertz CT molecular complexity index is 4180. The van der Waals surface area contributed by atoms with Gasteiger partial charge in [0, 0.05) is 27.5 Å². The molecule has 0 fully saturated rings. The maximum absolute atomic E-state index is 9.93. The number of aromatic nitrogens is 2. The average Bonchev–Trinajstić information content (AvgIpc) is 3.89. The van der Waals surface area contributed by atoms with E-state index in [1.54, 1.807) is 0 Å². The van der Waals surface area contributed by atoms with Crippen LogP contribution in [0.3, 0.4) is 0 Å². The van der Waals surface area contributed by atoms with Crippen molar-refractivity contribution in [2.24, 2.45) is 0 Å². The smallest absolute Gasteiger partial charge is 0.188 e. The quantitative estimate of drug-likeness (QED) is 0.126. The van der Waals surface area contributed by atoms with Crippen LogP contribution < -0.4 is 0 Å². The van der Waals surface area contributed by atoms with Gasteiger partial charge in [0.1, 0.15) is 0 Å². The average molecular weight is 837 g/mol. The van der Waals surface area contributed by atoms with E-state index in [1.165, 1.54) is 49.0 Å². The van der Waals surface area contributed by atoms with Crippen molar-refractivity contribution < 1.29 is 0 Å². The largest absolute Gasteiger partial charge is 0.309 e. The summed E-state index contributed by atoms with van der Waals surface area (Å²) in [6.45, 7) is 7.86. The van der Waals surface area contributed by atoms with E-state index in [1.807, 2.05) is 36.4 Å². The zero-order chi connectivity index (χ0) is 43.9. The van der Waals surface area contributed by atoms with Gasteiger partial charge in [0.2, 0.25) is 0 Å². The van der Waals surface area contributed by atoms with Gasteiger partial charge in [-0.15, -0.1) is 0 Å². The van der Waals surface area contributed by atoms with E-state index in [0.29, 0.717) is 11.3 Å². The van der Waals surface area contributed by atoms with Crippen molar-refractivity contribution in [1.82, 2.24) is 9.13 Å². The van der Waals surface area contributed by atoms with E-state index in [0.717, 1.165) is 71.7 Å². The van der Waals surface area contributed by atoms with Crippen LogP contribution in [-0.4, -0.2) is 9.13 Å². The minimum atomic E-state index is 0.629. The molecule has 66 heavy (non-hydrogen) atoms. The summed E-state index contributed by atoms with van der Waals surface area (Å²) in [4.78, 5) is 3.82. The molecule has 2 aromatic heterocycles. The standard InChI is InChI=1S/C62H36N4/c1-64-42-27-33-60-56(37-42)55-36-41(26-32-59(55)66(60)44-16-6-3-7-17-44)61-48-20-10-12-22-50(48)62(51-23-13-11-21-49(51)61)52-29-28-45(46-18-8-9-19-47(46)52)40-25-31-58-54(35-40)53-34-39(38-63)24-30-57(53)65(58)43-14-4-2-5-15-43/h2-37H. The van der Waals surface area contributed by atoms with E-state index in [-0.39, 0.29) is 0 Å². The zero-order valence-corrected chi connectivity index (χ0v) is 35.6. The molecule has 0 atom stereocenters. The van der Waals surface area contributed by atoms with E-state index in [4.69, 9.17) is 6.57 Å². The lowest BCUT2D eigenvalue weighted by Gasteiger charge is -2.20. The second-order valence-corrected chi connectivity index (χ2v) is 17.0. The lowest BCUT2D eigenvalue weighted by molar-refractivity contribution is 1.18. The zero-order valence-electron chi connectivity index (χ0n) is 35.6. The molecule has 304 valence electrons. The van der Waals surface area contributed by atoms with Gasteiger partial charge in [0.15, 0.2) is 5.69 Å². The third-order valence-electron chi connectivity index (χ3n) is 13.5. The number of para-hydroxylation sites is 2. The molecule has 0 aliphatic rings. The molecule has 0 aliphatic heterocycles. The third kappa shape index (κ3) is 5.56. The molecular weight excluding hydrogens is 801 g/mol. The van der Waals surface area contributed by atoms with E-state index in [9.17, 15) is 5.26 Å². The van der Waals surface area contributed by atoms with E-state index >= 15 is 0 Å². The molecule has 13 rings (SSSR count). The molecule has 4 heteroatoms. The maximum Gasteiger partial charge on any atom is 0.188 e. The van der Waals surface area contributed by atoms with Gasteiger partial charge in [-0.2, -0.15) is 5.26 Å². The van der Waals surface area contributed by atoms with E-state index in [2.05, 4.69) is 202 Å². The van der Waals surface area contributed by atoms with Gasteiger partial charge in [-0.1, -0.05) is 140 Å². The van der Waals surface area contributed by atoms with Crippen LogP contribution in [0.25, 0.3) is 126 Å². The molecule has 0 radical (unpaired) electrons. The maximum atomic E-state index is 9.93. The first-order valence-electron chi connectivity index (χ1n) is 22.2. The summed E-state index contributed by atoms with van der Waals surface area (Å²) in [5.74, 6) is 0. The second kappa shape index (κ2) is 14.7. The highest BCUT2D eigenvalue weighted by atomic mass is 15.0. The van der Waals surface area contributed by atoms with Crippen molar-refractivity contribution in [3.8, 4) is 50.8 Å². The van der Waals surface area contributed by atoms with Crippen molar-refractivity contribution in [2.45, 2.75) is 0 Å². The predicted molar refractivity (Wildman–Crippen MR) is 275 cm³/mol. The summed E-state index contributed by atoms with van der Waals surface area (Å²) >= 11 is 0. The summed E-state index contributed by atoms with van der Waals surface area (Å²) in [5, 5.41) is 21.4.